The van der Waals surface area contributed by atoms with Crippen molar-refractivity contribution in [3.63, 3.8) is 0 Å². The van der Waals surface area contributed by atoms with Gasteiger partial charge in [0, 0.05) is 20.1 Å². The van der Waals surface area contributed by atoms with Gasteiger partial charge in [-0.1, -0.05) is 50.1 Å². The molecule has 148 valence electrons. The van der Waals surface area contributed by atoms with Gasteiger partial charge in [-0.15, -0.1) is 24.0 Å². The minimum atomic E-state index is 0. The van der Waals surface area contributed by atoms with Crippen molar-refractivity contribution in [2.24, 2.45) is 4.99 Å². The van der Waals surface area contributed by atoms with E-state index in [1.54, 1.807) is 0 Å². The number of hydrogen-bond acceptors (Lipinski definition) is 2. The monoisotopic (exact) mass is 472 g/mol. The molecule has 1 unspecified atom stereocenters. The van der Waals surface area contributed by atoms with Crippen molar-refractivity contribution in [1.82, 2.24) is 15.5 Å². The van der Waals surface area contributed by atoms with E-state index in [0.29, 0.717) is 5.92 Å². The standard InChI is InChI=1S/C21H36N4.HI/c1-19(20-12-6-3-7-13-20)18-24-21(22-2)23-14-8-4-9-15-25-16-10-5-11-17-25;/h3,6-7,12-13,19H,4-5,8-11,14-18H2,1-2H3,(H2,22,23,24);1H. The zero-order valence-electron chi connectivity index (χ0n) is 16.5. The quantitative estimate of drug-likeness (QED) is 0.245. The molecule has 2 N–H and O–H groups in total. The predicted molar refractivity (Wildman–Crippen MR) is 124 cm³/mol. The van der Waals surface area contributed by atoms with E-state index in [1.807, 2.05) is 7.05 Å². The summed E-state index contributed by atoms with van der Waals surface area (Å²) in [4.78, 5) is 6.96. The van der Waals surface area contributed by atoms with Gasteiger partial charge in [-0.05, 0) is 56.8 Å². The van der Waals surface area contributed by atoms with Gasteiger partial charge in [0.1, 0.15) is 0 Å². The van der Waals surface area contributed by atoms with Gasteiger partial charge in [0.25, 0.3) is 0 Å². The van der Waals surface area contributed by atoms with Crippen molar-refractivity contribution in [3.8, 4) is 0 Å². The fraction of sp³-hybridized carbons (Fsp3) is 0.667. The van der Waals surface area contributed by atoms with E-state index < -0.39 is 0 Å². The number of benzene rings is 1. The highest BCUT2D eigenvalue weighted by atomic mass is 127. The van der Waals surface area contributed by atoms with E-state index in [4.69, 9.17) is 0 Å². The van der Waals surface area contributed by atoms with E-state index in [-0.39, 0.29) is 24.0 Å². The maximum atomic E-state index is 4.33. The van der Waals surface area contributed by atoms with Gasteiger partial charge in [0.05, 0.1) is 0 Å². The smallest absolute Gasteiger partial charge is 0.190 e. The second kappa shape index (κ2) is 14.3. The van der Waals surface area contributed by atoms with Gasteiger partial charge in [0.2, 0.25) is 0 Å². The van der Waals surface area contributed by atoms with Gasteiger partial charge < -0.3 is 15.5 Å². The number of nitrogens with one attached hydrogen (secondary N) is 2. The molecule has 0 amide bonds. The molecule has 1 fully saturated rings. The van der Waals surface area contributed by atoms with Crippen molar-refractivity contribution in [1.29, 1.82) is 0 Å². The van der Waals surface area contributed by atoms with Crippen LogP contribution < -0.4 is 10.6 Å². The van der Waals surface area contributed by atoms with E-state index in [1.165, 1.54) is 63.7 Å². The Labute approximate surface area is 177 Å². The molecule has 4 nitrogen and oxygen atoms in total. The summed E-state index contributed by atoms with van der Waals surface area (Å²) in [5, 5.41) is 6.88. The van der Waals surface area contributed by atoms with Crippen LogP contribution in [0.5, 0.6) is 0 Å². The van der Waals surface area contributed by atoms with Gasteiger partial charge in [-0.25, -0.2) is 0 Å². The van der Waals surface area contributed by atoms with E-state index in [9.17, 15) is 0 Å². The molecule has 1 aliphatic heterocycles. The average Bonchev–Trinajstić information content (AvgIpc) is 2.68. The number of likely N-dealkylation sites (tertiary alicyclic amines) is 1. The Morgan fingerprint density at radius 2 is 1.77 bits per heavy atom. The van der Waals surface area contributed by atoms with Crippen molar-refractivity contribution in [2.75, 3.05) is 39.8 Å². The van der Waals surface area contributed by atoms with Gasteiger partial charge in [0.15, 0.2) is 5.96 Å². The summed E-state index contributed by atoms with van der Waals surface area (Å²) >= 11 is 0. The molecule has 2 rings (SSSR count). The maximum absolute atomic E-state index is 4.33. The first-order valence-corrected chi connectivity index (χ1v) is 10.0. The van der Waals surface area contributed by atoms with Crippen molar-refractivity contribution >= 4 is 29.9 Å². The van der Waals surface area contributed by atoms with Crippen LogP contribution in [0.4, 0.5) is 0 Å². The van der Waals surface area contributed by atoms with Crippen LogP contribution in [0.3, 0.4) is 0 Å². The maximum Gasteiger partial charge on any atom is 0.190 e. The Kier molecular flexibility index (Phi) is 12.7. The Balaban J connectivity index is 0.00000338. The van der Waals surface area contributed by atoms with Crippen LogP contribution in [0.2, 0.25) is 0 Å². The molecule has 0 aliphatic carbocycles. The SMILES string of the molecule is CN=C(NCCCCCN1CCCCC1)NCC(C)c1ccccc1.I. The summed E-state index contributed by atoms with van der Waals surface area (Å²) in [5.41, 5.74) is 1.36. The van der Waals surface area contributed by atoms with Crippen LogP contribution in [-0.4, -0.2) is 50.6 Å². The van der Waals surface area contributed by atoms with Crippen LogP contribution in [0, 0.1) is 0 Å². The number of guanidine groups is 1. The molecule has 0 aromatic heterocycles. The lowest BCUT2D eigenvalue weighted by molar-refractivity contribution is 0.224. The molecule has 0 bridgehead atoms. The summed E-state index contributed by atoms with van der Waals surface area (Å²) in [6, 6.07) is 10.6. The highest BCUT2D eigenvalue weighted by molar-refractivity contribution is 14.0. The van der Waals surface area contributed by atoms with Crippen LogP contribution in [0.1, 0.15) is 56.9 Å². The minimum Gasteiger partial charge on any atom is -0.356 e. The molecule has 0 radical (unpaired) electrons. The minimum absolute atomic E-state index is 0. The van der Waals surface area contributed by atoms with Crippen molar-refractivity contribution < 1.29 is 0 Å². The van der Waals surface area contributed by atoms with Gasteiger partial charge in [-0.2, -0.15) is 0 Å². The Bertz CT molecular complexity index is 486. The van der Waals surface area contributed by atoms with E-state index >= 15 is 0 Å². The number of rotatable bonds is 9. The largest absolute Gasteiger partial charge is 0.356 e. The molecular formula is C21H37IN4. The molecule has 5 heteroatoms. The third kappa shape index (κ3) is 9.21. The zero-order chi connectivity index (χ0) is 17.7. The zero-order valence-corrected chi connectivity index (χ0v) is 18.9. The molecule has 26 heavy (non-hydrogen) atoms. The first kappa shape index (κ1) is 23.2. The number of hydrogen-bond donors (Lipinski definition) is 2. The molecule has 1 aromatic carbocycles. The Morgan fingerprint density at radius 1 is 1.04 bits per heavy atom. The second-order valence-corrected chi connectivity index (χ2v) is 7.15. The Morgan fingerprint density at radius 3 is 2.46 bits per heavy atom. The fourth-order valence-electron chi connectivity index (χ4n) is 3.40. The summed E-state index contributed by atoms with van der Waals surface area (Å²) in [6.07, 6.45) is 8.04. The normalized spacial score (nSPS) is 16.6. The lowest BCUT2D eigenvalue weighted by Crippen LogP contribution is -2.39. The molecule has 0 saturated carbocycles. The van der Waals surface area contributed by atoms with Crippen molar-refractivity contribution in [3.05, 3.63) is 35.9 Å². The molecule has 1 aromatic rings. The van der Waals surface area contributed by atoms with Crippen LogP contribution >= 0.6 is 24.0 Å². The first-order chi connectivity index (χ1) is 12.3. The molecule has 1 heterocycles. The fourth-order valence-corrected chi connectivity index (χ4v) is 3.40. The number of piperidine rings is 1. The van der Waals surface area contributed by atoms with Crippen molar-refractivity contribution in [2.45, 2.75) is 51.4 Å². The van der Waals surface area contributed by atoms with Crippen LogP contribution in [0.15, 0.2) is 35.3 Å². The Hall–Kier alpha value is -0.820. The lowest BCUT2D eigenvalue weighted by atomic mass is 10.0. The summed E-state index contributed by atoms with van der Waals surface area (Å²) in [7, 11) is 1.85. The van der Waals surface area contributed by atoms with E-state index in [2.05, 4.69) is 57.8 Å². The van der Waals surface area contributed by atoms with E-state index in [0.717, 1.165) is 19.0 Å². The molecule has 1 saturated heterocycles. The highest BCUT2D eigenvalue weighted by Crippen LogP contribution is 2.13. The number of aliphatic imine (C=N–C) groups is 1. The lowest BCUT2D eigenvalue weighted by Gasteiger charge is -2.26. The summed E-state index contributed by atoms with van der Waals surface area (Å²) in [5.74, 6) is 1.39. The molecule has 1 aliphatic rings. The topological polar surface area (TPSA) is 39.7 Å². The third-order valence-corrected chi connectivity index (χ3v) is 5.06. The molecule has 0 spiro atoms. The van der Waals surface area contributed by atoms with Gasteiger partial charge >= 0.3 is 0 Å². The van der Waals surface area contributed by atoms with Crippen LogP contribution in [-0.2, 0) is 0 Å². The molecule has 1 atom stereocenters. The third-order valence-electron chi connectivity index (χ3n) is 5.06. The average molecular weight is 472 g/mol. The highest BCUT2D eigenvalue weighted by Gasteiger charge is 2.09. The molecular weight excluding hydrogens is 435 g/mol. The predicted octanol–water partition coefficient (Wildman–Crippen LogP) is 4.23. The first-order valence-electron chi connectivity index (χ1n) is 10.0. The van der Waals surface area contributed by atoms with Gasteiger partial charge in [-0.3, -0.25) is 4.99 Å². The number of halogens is 1. The summed E-state index contributed by atoms with van der Waals surface area (Å²) < 4.78 is 0. The summed E-state index contributed by atoms with van der Waals surface area (Å²) in [6.45, 7) is 8.05. The number of unbranched alkanes of at least 4 members (excludes halogenated alkanes) is 2. The number of nitrogens with zero attached hydrogens (tertiary/aromatic N) is 2. The second-order valence-electron chi connectivity index (χ2n) is 7.15. The van der Waals surface area contributed by atoms with Crippen LogP contribution in [0.25, 0.3) is 0 Å².